The van der Waals surface area contributed by atoms with Gasteiger partial charge in [0.15, 0.2) is 0 Å². The van der Waals surface area contributed by atoms with Crippen molar-refractivity contribution in [2.24, 2.45) is 12.8 Å². The topological polar surface area (TPSA) is 43.8 Å². The predicted molar refractivity (Wildman–Crippen MR) is 53.4 cm³/mol. The minimum atomic E-state index is -0.235. The monoisotopic (exact) mass is 193 g/mol. The zero-order valence-electron chi connectivity index (χ0n) is 8.00. The van der Waals surface area contributed by atoms with E-state index in [1.165, 1.54) is 6.07 Å². The highest BCUT2D eigenvalue weighted by Crippen LogP contribution is 2.17. The lowest BCUT2D eigenvalue weighted by molar-refractivity contribution is 0.629. The first-order valence-electron chi connectivity index (χ1n) is 4.54. The van der Waals surface area contributed by atoms with Gasteiger partial charge < -0.3 is 10.3 Å². The van der Waals surface area contributed by atoms with Crippen molar-refractivity contribution in [3.8, 4) is 0 Å². The molecule has 14 heavy (non-hydrogen) atoms. The highest BCUT2D eigenvalue weighted by atomic mass is 19.1. The van der Waals surface area contributed by atoms with Gasteiger partial charge in [-0.1, -0.05) is 6.07 Å². The van der Waals surface area contributed by atoms with Gasteiger partial charge in [-0.3, -0.25) is 0 Å². The van der Waals surface area contributed by atoms with E-state index in [0.717, 1.165) is 5.82 Å². The van der Waals surface area contributed by atoms with Crippen LogP contribution < -0.4 is 5.73 Å². The van der Waals surface area contributed by atoms with E-state index in [0.29, 0.717) is 24.0 Å². The Morgan fingerprint density at radius 1 is 1.50 bits per heavy atom. The number of aryl methyl sites for hydroxylation is 1. The van der Waals surface area contributed by atoms with Crippen LogP contribution in [0.5, 0.6) is 0 Å². The number of rotatable bonds is 2. The summed E-state index contributed by atoms with van der Waals surface area (Å²) < 4.78 is 15.2. The molecule has 1 aromatic heterocycles. The molecule has 0 aliphatic carbocycles. The van der Waals surface area contributed by atoms with Crippen LogP contribution in [0, 0.1) is 5.82 Å². The highest BCUT2D eigenvalue weighted by Gasteiger charge is 2.09. The highest BCUT2D eigenvalue weighted by molar-refractivity contribution is 5.76. The molecule has 0 amide bonds. The van der Waals surface area contributed by atoms with Gasteiger partial charge in [0.1, 0.15) is 17.2 Å². The van der Waals surface area contributed by atoms with E-state index in [9.17, 15) is 4.39 Å². The third kappa shape index (κ3) is 1.28. The summed E-state index contributed by atoms with van der Waals surface area (Å²) >= 11 is 0. The minimum absolute atomic E-state index is 0.235. The molecule has 74 valence electrons. The number of hydrogen-bond acceptors (Lipinski definition) is 2. The molecular formula is C10H12FN3. The Kier molecular flexibility index (Phi) is 2.21. The lowest BCUT2D eigenvalue weighted by Gasteiger charge is -1.99. The lowest BCUT2D eigenvalue weighted by atomic mass is 10.3. The predicted octanol–water partition coefficient (Wildman–Crippen LogP) is 1.21. The zero-order chi connectivity index (χ0) is 10.1. The summed E-state index contributed by atoms with van der Waals surface area (Å²) in [5.74, 6) is 0.591. The van der Waals surface area contributed by atoms with Gasteiger partial charge in [0.05, 0.1) is 5.52 Å². The summed E-state index contributed by atoms with van der Waals surface area (Å²) in [6, 6.07) is 4.91. The molecule has 2 aromatic rings. The van der Waals surface area contributed by atoms with E-state index < -0.39 is 0 Å². The van der Waals surface area contributed by atoms with Crippen LogP contribution in [0.1, 0.15) is 5.82 Å². The van der Waals surface area contributed by atoms with Gasteiger partial charge in [-0.2, -0.15) is 0 Å². The Balaban J connectivity index is 2.68. The average Bonchev–Trinajstić information content (AvgIpc) is 2.46. The SMILES string of the molecule is Cn1c(CCN)nc2cccc(F)c21. The Bertz CT molecular complexity index is 462. The largest absolute Gasteiger partial charge is 0.330 e. The number of aromatic nitrogens is 2. The van der Waals surface area contributed by atoms with Gasteiger partial charge in [0.25, 0.3) is 0 Å². The summed E-state index contributed by atoms with van der Waals surface area (Å²) in [7, 11) is 1.81. The maximum atomic E-state index is 13.4. The first-order chi connectivity index (χ1) is 6.74. The van der Waals surface area contributed by atoms with Crippen LogP contribution in [-0.4, -0.2) is 16.1 Å². The Morgan fingerprint density at radius 2 is 2.29 bits per heavy atom. The van der Waals surface area contributed by atoms with Crippen LogP contribution in [0.25, 0.3) is 11.0 Å². The second kappa shape index (κ2) is 3.38. The van der Waals surface area contributed by atoms with Crippen LogP contribution in [0.15, 0.2) is 18.2 Å². The Labute approximate surface area is 81.4 Å². The first kappa shape index (κ1) is 9.15. The number of halogens is 1. The van der Waals surface area contributed by atoms with E-state index in [1.54, 1.807) is 16.7 Å². The van der Waals surface area contributed by atoms with E-state index in [4.69, 9.17) is 5.73 Å². The molecule has 0 saturated carbocycles. The van der Waals surface area contributed by atoms with Crippen molar-refractivity contribution in [2.75, 3.05) is 6.54 Å². The van der Waals surface area contributed by atoms with E-state index in [2.05, 4.69) is 4.98 Å². The molecule has 0 bridgehead atoms. The molecule has 4 heteroatoms. The maximum Gasteiger partial charge on any atom is 0.149 e. The van der Waals surface area contributed by atoms with Crippen LogP contribution in [0.3, 0.4) is 0 Å². The van der Waals surface area contributed by atoms with Gasteiger partial charge in [-0.05, 0) is 18.7 Å². The molecular weight excluding hydrogens is 181 g/mol. The summed E-state index contributed by atoms with van der Waals surface area (Å²) in [5.41, 5.74) is 6.68. The van der Waals surface area contributed by atoms with E-state index >= 15 is 0 Å². The maximum absolute atomic E-state index is 13.4. The zero-order valence-corrected chi connectivity index (χ0v) is 8.00. The van der Waals surface area contributed by atoms with Crippen LogP contribution >= 0.6 is 0 Å². The molecule has 0 aliphatic rings. The Morgan fingerprint density at radius 3 is 2.93 bits per heavy atom. The van der Waals surface area contributed by atoms with Gasteiger partial charge in [0.2, 0.25) is 0 Å². The third-order valence-electron chi connectivity index (χ3n) is 2.31. The van der Waals surface area contributed by atoms with Crippen molar-refractivity contribution >= 4 is 11.0 Å². The van der Waals surface area contributed by atoms with Crippen LogP contribution in [0.4, 0.5) is 4.39 Å². The van der Waals surface area contributed by atoms with Crippen molar-refractivity contribution in [1.29, 1.82) is 0 Å². The molecule has 0 spiro atoms. The number of hydrogen-bond donors (Lipinski definition) is 1. The average molecular weight is 193 g/mol. The number of imidazole rings is 1. The summed E-state index contributed by atoms with van der Waals surface area (Å²) in [6.45, 7) is 0.527. The van der Waals surface area contributed by atoms with Crippen molar-refractivity contribution in [1.82, 2.24) is 9.55 Å². The first-order valence-corrected chi connectivity index (χ1v) is 4.54. The van der Waals surface area contributed by atoms with Crippen LogP contribution in [-0.2, 0) is 13.5 Å². The molecule has 0 saturated heterocycles. The van der Waals surface area contributed by atoms with Crippen molar-refractivity contribution in [3.05, 3.63) is 29.8 Å². The van der Waals surface area contributed by atoms with E-state index in [-0.39, 0.29) is 5.82 Å². The summed E-state index contributed by atoms with van der Waals surface area (Å²) in [6.07, 6.45) is 0.671. The van der Waals surface area contributed by atoms with Crippen molar-refractivity contribution in [2.45, 2.75) is 6.42 Å². The molecule has 0 atom stereocenters. The molecule has 0 fully saturated rings. The number of nitrogens with zero attached hydrogens (tertiary/aromatic N) is 2. The molecule has 1 heterocycles. The Hall–Kier alpha value is -1.42. The van der Waals surface area contributed by atoms with E-state index in [1.807, 2.05) is 7.05 Å². The number of nitrogens with two attached hydrogens (primary N) is 1. The number of fused-ring (bicyclic) bond motifs is 1. The molecule has 3 nitrogen and oxygen atoms in total. The van der Waals surface area contributed by atoms with Gasteiger partial charge in [0, 0.05) is 13.5 Å². The van der Waals surface area contributed by atoms with Crippen molar-refractivity contribution in [3.63, 3.8) is 0 Å². The van der Waals surface area contributed by atoms with Gasteiger partial charge >= 0.3 is 0 Å². The molecule has 0 unspecified atom stereocenters. The summed E-state index contributed by atoms with van der Waals surface area (Å²) in [5, 5.41) is 0. The normalized spacial score (nSPS) is 11.1. The number of benzene rings is 1. The minimum Gasteiger partial charge on any atom is -0.330 e. The lowest BCUT2D eigenvalue weighted by Crippen LogP contribution is -2.07. The second-order valence-electron chi connectivity index (χ2n) is 3.23. The third-order valence-corrected chi connectivity index (χ3v) is 2.31. The quantitative estimate of drug-likeness (QED) is 0.779. The smallest absolute Gasteiger partial charge is 0.149 e. The fourth-order valence-electron chi connectivity index (χ4n) is 1.62. The number of para-hydroxylation sites is 1. The fourth-order valence-corrected chi connectivity index (χ4v) is 1.62. The van der Waals surface area contributed by atoms with Gasteiger partial charge in [-0.15, -0.1) is 0 Å². The van der Waals surface area contributed by atoms with Gasteiger partial charge in [-0.25, -0.2) is 9.37 Å². The standard InChI is InChI=1S/C10H12FN3/c1-14-9(5-6-12)13-8-4-2-3-7(11)10(8)14/h2-4H,5-6,12H2,1H3. The van der Waals surface area contributed by atoms with Crippen molar-refractivity contribution < 1.29 is 4.39 Å². The second-order valence-corrected chi connectivity index (χ2v) is 3.23. The van der Waals surface area contributed by atoms with Crippen LogP contribution in [0.2, 0.25) is 0 Å². The summed E-state index contributed by atoms with van der Waals surface area (Å²) in [4.78, 5) is 4.31. The molecule has 2 rings (SSSR count). The molecule has 2 N–H and O–H groups in total. The molecule has 0 aliphatic heterocycles. The molecule has 0 radical (unpaired) electrons. The molecule has 1 aromatic carbocycles. The fraction of sp³-hybridized carbons (Fsp3) is 0.300.